The molecule has 0 aliphatic rings. The van der Waals surface area contributed by atoms with Crippen molar-refractivity contribution in [2.75, 3.05) is 10.6 Å². The Balaban J connectivity index is 1.59. The summed E-state index contributed by atoms with van der Waals surface area (Å²) in [6.07, 6.45) is 1.36. The normalized spacial score (nSPS) is 11.0. The third-order valence-electron chi connectivity index (χ3n) is 5.73. The van der Waals surface area contributed by atoms with E-state index in [-0.39, 0.29) is 23.9 Å². The van der Waals surface area contributed by atoms with Crippen molar-refractivity contribution in [3.63, 3.8) is 0 Å². The number of benzene rings is 2. The van der Waals surface area contributed by atoms with Crippen molar-refractivity contribution in [2.45, 2.75) is 41.2 Å². The molecule has 4 aromatic rings. The topological polar surface area (TPSA) is 93.1 Å². The van der Waals surface area contributed by atoms with Gasteiger partial charge in [-0.15, -0.1) is 11.3 Å². The van der Waals surface area contributed by atoms with Crippen LogP contribution in [-0.2, 0) is 11.3 Å². The van der Waals surface area contributed by atoms with Gasteiger partial charge in [0.1, 0.15) is 11.4 Å². The summed E-state index contributed by atoms with van der Waals surface area (Å²) >= 11 is 1.17. The molecule has 0 spiro atoms. The summed E-state index contributed by atoms with van der Waals surface area (Å²) in [6, 6.07) is 11.6. The number of aromatic nitrogens is 2. The van der Waals surface area contributed by atoms with Crippen molar-refractivity contribution in [3.8, 4) is 0 Å². The molecule has 174 valence electrons. The first kappa shape index (κ1) is 23.4. The second-order valence-electron chi connectivity index (χ2n) is 8.55. The lowest BCUT2D eigenvalue weighted by Gasteiger charge is -2.10. The first-order chi connectivity index (χ1) is 16.1. The van der Waals surface area contributed by atoms with E-state index in [0.717, 1.165) is 27.9 Å². The largest absolute Gasteiger partial charge is 0.324 e. The van der Waals surface area contributed by atoms with Gasteiger partial charge in [0, 0.05) is 11.4 Å². The molecule has 2 aromatic carbocycles. The van der Waals surface area contributed by atoms with Crippen LogP contribution in [-0.4, -0.2) is 21.4 Å². The molecule has 0 aliphatic carbocycles. The minimum absolute atomic E-state index is 0.172. The monoisotopic (exact) mass is 474 g/mol. The lowest BCUT2D eigenvalue weighted by Crippen LogP contribution is -2.28. The number of rotatable bonds is 5. The number of anilines is 2. The Bertz CT molecular complexity index is 1500. The highest BCUT2D eigenvalue weighted by atomic mass is 32.1. The van der Waals surface area contributed by atoms with Crippen molar-refractivity contribution in [2.24, 2.45) is 0 Å². The number of fused-ring (bicyclic) bond motifs is 1. The van der Waals surface area contributed by atoms with Crippen LogP contribution in [0.4, 0.5) is 11.4 Å². The van der Waals surface area contributed by atoms with Crippen LogP contribution in [0.5, 0.6) is 0 Å². The van der Waals surface area contributed by atoms with Gasteiger partial charge in [-0.2, -0.15) is 0 Å². The summed E-state index contributed by atoms with van der Waals surface area (Å²) < 4.78 is 1.27. The molecule has 2 aromatic heterocycles. The molecule has 0 radical (unpaired) electrons. The van der Waals surface area contributed by atoms with E-state index in [1.807, 2.05) is 64.1 Å². The zero-order valence-corrected chi connectivity index (χ0v) is 20.6. The van der Waals surface area contributed by atoms with Gasteiger partial charge in [-0.1, -0.05) is 29.8 Å². The molecule has 0 saturated carbocycles. The first-order valence-electron chi connectivity index (χ1n) is 10.9. The van der Waals surface area contributed by atoms with E-state index in [2.05, 4.69) is 15.6 Å². The number of nitrogens with zero attached hydrogens (tertiary/aromatic N) is 2. The van der Waals surface area contributed by atoms with Crippen molar-refractivity contribution in [1.82, 2.24) is 9.55 Å². The Morgan fingerprint density at radius 2 is 1.62 bits per heavy atom. The number of hydrogen-bond donors (Lipinski definition) is 2. The summed E-state index contributed by atoms with van der Waals surface area (Å²) in [7, 11) is 0. The highest BCUT2D eigenvalue weighted by molar-refractivity contribution is 7.20. The van der Waals surface area contributed by atoms with Gasteiger partial charge in [-0.3, -0.25) is 19.0 Å². The SMILES string of the molecule is Cc1ccc(NC(=O)c2sc3ncn(CC(=O)Nc4cc(C)ccc4C)c(=O)c3c2C)c(C)c1. The zero-order valence-electron chi connectivity index (χ0n) is 19.8. The maximum absolute atomic E-state index is 13.2. The van der Waals surface area contributed by atoms with E-state index < -0.39 is 0 Å². The third kappa shape index (κ3) is 4.63. The fraction of sp³-hybridized carbons (Fsp3) is 0.231. The molecular formula is C26H26N4O3S. The van der Waals surface area contributed by atoms with E-state index in [0.29, 0.717) is 26.3 Å². The van der Waals surface area contributed by atoms with Gasteiger partial charge < -0.3 is 10.6 Å². The Morgan fingerprint density at radius 1 is 0.912 bits per heavy atom. The fourth-order valence-corrected chi connectivity index (χ4v) is 4.87. The number of hydrogen-bond acceptors (Lipinski definition) is 5. The van der Waals surface area contributed by atoms with Gasteiger partial charge >= 0.3 is 0 Å². The Morgan fingerprint density at radius 3 is 2.35 bits per heavy atom. The molecule has 0 fully saturated rings. The number of nitrogens with one attached hydrogen (secondary N) is 2. The van der Waals surface area contributed by atoms with Gasteiger partial charge in [0.05, 0.1) is 16.6 Å². The summed E-state index contributed by atoms with van der Waals surface area (Å²) in [5, 5.41) is 6.15. The molecule has 8 heteroatoms. The zero-order chi connectivity index (χ0) is 24.6. The minimum atomic E-state index is -0.347. The van der Waals surface area contributed by atoms with Crippen LogP contribution in [0.2, 0.25) is 0 Å². The number of carbonyl (C=O) groups excluding carboxylic acids is 2. The van der Waals surface area contributed by atoms with Crippen molar-refractivity contribution in [1.29, 1.82) is 0 Å². The molecule has 34 heavy (non-hydrogen) atoms. The molecule has 0 unspecified atom stereocenters. The third-order valence-corrected chi connectivity index (χ3v) is 6.93. The molecule has 0 atom stereocenters. The second kappa shape index (κ2) is 9.23. The minimum Gasteiger partial charge on any atom is -0.324 e. The predicted molar refractivity (Wildman–Crippen MR) is 137 cm³/mol. The molecule has 0 saturated heterocycles. The highest BCUT2D eigenvalue weighted by Gasteiger charge is 2.20. The predicted octanol–water partition coefficient (Wildman–Crippen LogP) is 4.89. The molecule has 0 bridgehead atoms. The Labute approximate surface area is 201 Å². The number of carbonyl (C=O) groups is 2. The molecule has 2 heterocycles. The van der Waals surface area contributed by atoms with Gasteiger partial charge in [-0.25, -0.2) is 4.98 Å². The maximum atomic E-state index is 13.2. The van der Waals surface area contributed by atoms with E-state index in [1.165, 1.54) is 22.2 Å². The van der Waals surface area contributed by atoms with E-state index in [4.69, 9.17) is 0 Å². The molecule has 0 aliphatic heterocycles. The number of thiophene rings is 1. The van der Waals surface area contributed by atoms with Crippen molar-refractivity contribution >= 4 is 44.7 Å². The molecule has 4 rings (SSSR count). The Hall–Kier alpha value is -3.78. The molecule has 7 nitrogen and oxygen atoms in total. The van der Waals surface area contributed by atoms with E-state index >= 15 is 0 Å². The van der Waals surface area contributed by atoms with Crippen molar-refractivity contribution in [3.05, 3.63) is 85.8 Å². The smallest absolute Gasteiger partial charge is 0.266 e. The quantitative estimate of drug-likeness (QED) is 0.431. The van der Waals surface area contributed by atoms with Gasteiger partial charge in [0.15, 0.2) is 0 Å². The standard InChI is InChI=1S/C26H26N4O3S/c1-14-7-9-19(17(4)10-14)29-24(32)23-18(5)22-25(34-23)27-13-30(26(22)33)12-21(31)28-20-11-15(2)6-8-16(20)3/h6-11,13H,12H2,1-5H3,(H,28,31)(H,29,32). The summed E-state index contributed by atoms with van der Waals surface area (Å²) in [5.74, 6) is -0.608. The van der Waals surface area contributed by atoms with Gasteiger partial charge in [-0.05, 0) is 69.0 Å². The van der Waals surface area contributed by atoms with Gasteiger partial charge in [0.2, 0.25) is 5.91 Å². The molecule has 2 amide bonds. The molecular weight excluding hydrogens is 448 g/mol. The summed E-state index contributed by atoms with van der Waals surface area (Å²) in [5.41, 5.74) is 5.69. The van der Waals surface area contributed by atoms with Crippen LogP contribution >= 0.6 is 11.3 Å². The Kier molecular flexibility index (Phi) is 6.34. The van der Waals surface area contributed by atoms with Crippen LogP contribution < -0.4 is 16.2 Å². The van der Waals surface area contributed by atoms with Gasteiger partial charge in [0.25, 0.3) is 11.5 Å². The second-order valence-corrected chi connectivity index (χ2v) is 9.55. The van der Waals surface area contributed by atoms with Crippen LogP contribution in [0.3, 0.4) is 0 Å². The average molecular weight is 475 g/mol. The van der Waals surface area contributed by atoms with Crippen LogP contribution in [0, 0.1) is 34.6 Å². The van der Waals surface area contributed by atoms with E-state index in [1.54, 1.807) is 6.92 Å². The number of aryl methyl sites for hydroxylation is 5. The van der Waals surface area contributed by atoms with Crippen LogP contribution in [0.25, 0.3) is 10.2 Å². The summed E-state index contributed by atoms with van der Waals surface area (Å²) in [4.78, 5) is 44.0. The van der Waals surface area contributed by atoms with E-state index in [9.17, 15) is 14.4 Å². The lowest BCUT2D eigenvalue weighted by atomic mass is 10.1. The lowest BCUT2D eigenvalue weighted by molar-refractivity contribution is -0.116. The first-order valence-corrected chi connectivity index (χ1v) is 11.7. The maximum Gasteiger partial charge on any atom is 0.266 e. The van der Waals surface area contributed by atoms with Crippen molar-refractivity contribution < 1.29 is 9.59 Å². The average Bonchev–Trinajstić information content (AvgIpc) is 3.12. The molecule has 2 N–H and O–H groups in total. The number of amides is 2. The highest BCUT2D eigenvalue weighted by Crippen LogP contribution is 2.28. The fourth-order valence-electron chi connectivity index (χ4n) is 3.84. The van der Waals surface area contributed by atoms with Crippen LogP contribution in [0.15, 0.2) is 47.5 Å². The van der Waals surface area contributed by atoms with Crippen LogP contribution in [0.1, 0.15) is 37.5 Å². The summed E-state index contributed by atoms with van der Waals surface area (Å²) in [6.45, 7) is 9.35.